The molecule has 2 N–H and O–H groups in total. The number of hydrogen-bond donors (Lipinski definition) is 2. The van der Waals surface area contributed by atoms with Crippen molar-refractivity contribution in [2.24, 2.45) is 0 Å². The van der Waals surface area contributed by atoms with Gasteiger partial charge in [0.1, 0.15) is 16.8 Å². The number of alkyl carbamates (subject to hydrolysis) is 1. The van der Waals surface area contributed by atoms with Crippen LogP contribution in [-0.4, -0.2) is 39.3 Å². The van der Waals surface area contributed by atoms with Crippen LogP contribution >= 0.6 is 0 Å². The molecule has 0 radical (unpaired) electrons. The highest BCUT2D eigenvalue weighted by molar-refractivity contribution is 5.83. The SMILES string of the molecule is CC(C)(C)OC(=O)NCC(Cc1ncccn1)(C(=O)O)c1ccccc1. The van der Waals surface area contributed by atoms with Crippen molar-refractivity contribution in [1.29, 1.82) is 0 Å². The van der Waals surface area contributed by atoms with Gasteiger partial charge < -0.3 is 15.2 Å². The van der Waals surface area contributed by atoms with Gasteiger partial charge in [0.15, 0.2) is 0 Å². The summed E-state index contributed by atoms with van der Waals surface area (Å²) in [5, 5.41) is 12.6. The Morgan fingerprint density at radius 3 is 2.23 bits per heavy atom. The quantitative estimate of drug-likeness (QED) is 0.824. The van der Waals surface area contributed by atoms with Crippen LogP contribution in [0.25, 0.3) is 0 Å². The summed E-state index contributed by atoms with van der Waals surface area (Å²) in [6.07, 6.45) is 2.47. The number of hydrogen-bond acceptors (Lipinski definition) is 5. The smallest absolute Gasteiger partial charge is 0.407 e. The number of aromatic nitrogens is 2. The summed E-state index contributed by atoms with van der Waals surface area (Å²) in [7, 11) is 0. The number of carbonyl (C=O) groups is 2. The summed E-state index contributed by atoms with van der Waals surface area (Å²) in [4.78, 5) is 32.6. The maximum absolute atomic E-state index is 12.3. The number of ether oxygens (including phenoxy) is 1. The molecule has 2 rings (SSSR count). The van der Waals surface area contributed by atoms with Crippen LogP contribution in [0.1, 0.15) is 32.2 Å². The zero-order valence-corrected chi connectivity index (χ0v) is 15.1. The molecule has 0 aliphatic rings. The molecule has 1 aromatic heterocycles. The zero-order valence-electron chi connectivity index (χ0n) is 15.1. The Kier molecular flexibility index (Phi) is 5.92. The fraction of sp³-hybridized carbons (Fsp3) is 0.368. The zero-order chi connectivity index (χ0) is 19.2. The number of amides is 1. The van der Waals surface area contributed by atoms with Crippen molar-refractivity contribution < 1.29 is 19.4 Å². The summed E-state index contributed by atoms with van der Waals surface area (Å²) in [5.41, 5.74) is -1.54. The van der Waals surface area contributed by atoms with Gasteiger partial charge in [-0.1, -0.05) is 30.3 Å². The normalized spacial score (nSPS) is 13.5. The Morgan fingerprint density at radius 1 is 1.08 bits per heavy atom. The molecule has 0 saturated carbocycles. The summed E-state index contributed by atoms with van der Waals surface area (Å²) in [6.45, 7) is 5.07. The minimum absolute atomic E-state index is 0.0307. The molecule has 0 spiro atoms. The molecule has 0 aliphatic carbocycles. The average Bonchev–Trinajstić information content (AvgIpc) is 2.58. The molecule has 0 saturated heterocycles. The van der Waals surface area contributed by atoms with Gasteiger partial charge in [-0.05, 0) is 32.4 Å². The Labute approximate surface area is 152 Å². The van der Waals surface area contributed by atoms with Crippen LogP contribution in [0, 0.1) is 0 Å². The lowest BCUT2D eigenvalue weighted by atomic mass is 9.77. The summed E-state index contributed by atoms with van der Waals surface area (Å²) >= 11 is 0. The van der Waals surface area contributed by atoms with Crippen molar-refractivity contribution in [2.45, 2.75) is 38.2 Å². The largest absolute Gasteiger partial charge is 0.481 e. The van der Waals surface area contributed by atoms with E-state index in [0.29, 0.717) is 11.4 Å². The number of nitrogens with zero attached hydrogens (tertiary/aromatic N) is 2. The molecule has 0 fully saturated rings. The van der Waals surface area contributed by atoms with E-state index in [-0.39, 0.29) is 13.0 Å². The first-order valence-electron chi connectivity index (χ1n) is 8.25. The van der Waals surface area contributed by atoms with Crippen LogP contribution in [0.3, 0.4) is 0 Å². The molecular weight excluding hydrogens is 334 g/mol. The predicted molar refractivity (Wildman–Crippen MR) is 95.7 cm³/mol. The first-order chi connectivity index (χ1) is 12.2. The molecular formula is C19H23N3O4. The van der Waals surface area contributed by atoms with E-state index in [9.17, 15) is 14.7 Å². The van der Waals surface area contributed by atoms with Gasteiger partial charge in [0, 0.05) is 25.4 Å². The lowest BCUT2D eigenvalue weighted by molar-refractivity contribution is -0.143. The first kappa shape index (κ1) is 19.4. The number of carboxylic acids is 1. The minimum Gasteiger partial charge on any atom is -0.481 e. The molecule has 1 unspecified atom stereocenters. The summed E-state index contributed by atoms with van der Waals surface area (Å²) in [5.74, 6) is -0.697. The van der Waals surface area contributed by atoms with Gasteiger partial charge in [-0.3, -0.25) is 4.79 Å². The molecule has 0 aliphatic heterocycles. The highest BCUT2D eigenvalue weighted by atomic mass is 16.6. The van der Waals surface area contributed by atoms with Crippen LogP contribution in [0.4, 0.5) is 4.79 Å². The van der Waals surface area contributed by atoms with E-state index in [1.165, 1.54) is 0 Å². The molecule has 1 atom stereocenters. The fourth-order valence-corrected chi connectivity index (χ4v) is 2.53. The fourth-order valence-electron chi connectivity index (χ4n) is 2.53. The second-order valence-corrected chi connectivity index (χ2v) is 6.95. The molecule has 7 heteroatoms. The van der Waals surface area contributed by atoms with Gasteiger partial charge in [0.25, 0.3) is 0 Å². The van der Waals surface area contributed by atoms with Crippen molar-refractivity contribution in [1.82, 2.24) is 15.3 Å². The van der Waals surface area contributed by atoms with Gasteiger partial charge in [-0.2, -0.15) is 0 Å². The number of carboxylic acid groups (broad SMARTS) is 1. The maximum atomic E-state index is 12.3. The van der Waals surface area contributed by atoms with E-state index in [1.807, 2.05) is 0 Å². The molecule has 7 nitrogen and oxygen atoms in total. The van der Waals surface area contributed by atoms with Crippen LogP contribution in [0.2, 0.25) is 0 Å². The summed E-state index contributed by atoms with van der Waals surface area (Å²) in [6, 6.07) is 10.4. The van der Waals surface area contributed by atoms with Gasteiger partial charge in [0.05, 0.1) is 0 Å². The lowest BCUT2D eigenvalue weighted by Gasteiger charge is -2.30. The first-order valence-corrected chi connectivity index (χ1v) is 8.25. The van der Waals surface area contributed by atoms with Crippen molar-refractivity contribution in [2.75, 3.05) is 6.54 Å². The standard InChI is InChI=1S/C19H23N3O4/c1-18(2,3)26-17(25)22-13-19(16(23)24,14-8-5-4-6-9-14)12-15-20-10-7-11-21-15/h4-11H,12-13H2,1-3H3,(H,22,25)(H,23,24). The topological polar surface area (TPSA) is 101 Å². The molecule has 0 bridgehead atoms. The molecule has 26 heavy (non-hydrogen) atoms. The van der Waals surface area contributed by atoms with E-state index in [1.54, 1.807) is 69.6 Å². The second kappa shape index (κ2) is 7.95. The van der Waals surface area contributed by atoms with Crippen molar-refractivity contribution in [3.05, 3.63) is 60.2 Å². The van der Waals surface area contributed by atoms with E-state index in [4.69, 9.17) is 4.74 Å². The van der Waals surface area contributed by atoms with Crippen molar-refractivity contribution in [3.63, 3.8) is 0 Å². The van der Waals surface area contributed by atoms with Crippen LogP contribution in [0.5, 0.6) is 0 Å². The van der Waals surface area contributed by atoms with E-state index in [2.05, 4.69) is 15.3 Å². The highest BCUT2D eigenvalue weighted by Gasteiger charge is 2.42. The van der Waals surface area contributed by atoms with Crippen LogP contribution in [-0.2, 0) is 21.4 Å². The van der Waals surface area contributed by atoms with Crippen LogP contribution < -0.4 is 5.32 Å². The maximum Gasteiger partial charge on any atom is 0.407 e. The average molecular weight is 357 g/mol. The Bertz CT molecular complexity index is 744. The van der Waals surface area contributed by atoms with Crippen molar-refractivity contribution in [3.8, 4) is 0 Å². The molecule has 2 aromatic rings. The lowest BCUT2D eigenvalue weighted by Crippen LogP contribution is -2.49. The van der Waals surface area contributed by atoms with Gasteiger partial charge in [-0.15, -0.1) is 0 Å². The van der Waals surface area contributed by atoms with Gasteiger partial charge in [0.2, 0.25) is 0 Å². The summed E-state index contributed by atoms with van der Waals surface area (Å²) < 4.78 is 5.22. The number of aliphatic carboxylic acids is 1. The molecule has 1 amide bonds. The third kappa shape index (κ3) is 5.02. The third-order valence-corrected chi connectivity index (χ3v) is 3.75. The highest BCUT2D eigenvalue weighted by Crippen LogP contribution is 2.28. The predicted octanol–water partition coefficient (Wildman–Crippen LogP) is 2.57. The van der Waals surface area contributed by atoms with Gasteiger partial charge in [-0.25, -0.2) is 14.8 Å². The Morgan fingerprint density at radius 2 is 1.69 bits per heavy atom. The second-order valence-electron chi connectivity index (χ2n) is 6.95. The third-order valence-electron chi connectivity index (χ3n) is 3.75. The van der Waals surface area contributed by atoms with Crippen molar-refractivity contribution >= 4 is 12.1 Å². The molecule has 1 aromatic carbocycles. The number of nitrogens with one attached hydrogen (secondary N) is 1. The van der Waals surface area contributed by atoms with E-state index < -0.39 is 23.1 Å². The number of benzene rings is 1. The van der Waals surface area contributed by atoms with E-state index in [0.717, 1.165) is 0 Å². The Hall–Kier alpha value is -2.96. The molecule has 1 heterocycles. The van der Waals surface area contributed by atoms with Crippen LogP contribution in [0.15, 0.2) is 48.8 Å². The molecule has 138 valence electrons. The van der Waals surface area contributed by atoms with Gasteiger partial charge >= 0.3 is 12.1 Å². The minimum atomic E-state index is -1.42. The monoisotopic (exact) mass is 357 g/mol. The Balaban J connectivity index is 2.34. The number of rotatable bonds is 6. The number of carbonyl (C=O) groups excluding carboxylic acids is 1. The van der Waals surface area contributed by atoms with E-state index >= 15 is 0 Å².